The number of hydrogen-bond acceptors (Lipinski definition) is 8. The molecule has 0 spiro atoms. The largest absolute Gasteiger partial charge is 0.497 e. The highest BCUT2D eigenvalue weighted by Crippen LogP contribution is 2.40. The predicted octanol–water partition coefficient (Wildman–Crippen LogP) is 5.16. The summed E-state index contributed by atoms with van der Waals surface area (Å²) in [4.78, 5) is 18.9. The van der Waals surface area contributed by atoms with Crippen LogP contribution in [0.2, 0.25) is 0 Å². The van der Waals surface area contributed by atoms with Crippen molar-refractivity contribution in [1.82, 2.24) is 9.88 Å². The van der Waals surface area contributed by atoms with Gasteiger partial charge in [0.1, 0.15) is 35.7 Å². The van der Waals surface area contributed by atoms with Crippen LogP contribution < -0.4 is 18.9 Å². The van der Waals surface area contributed by atoms with Gasteiger partial charge in [0.05, 0.1) is 31.3 Å². The Hall–Kier alpha value is -4.30. The van der Waals surface area contributed by atoms with Crippen LogP contribution in [-0.2, 0) is 16.1 Å². The second kappa shape index (κ2) is 11.4. The smallest absolute Gasteiger partial charge is 0.320 e. The normalized spacial score (nSPS) is 16.4. The van der Waals surface area contributed by atoms with Crippen molar-refractivity contribution in [2.75, 3.05) is 27.7 Å². The lowest BCUT2D eigenvalue weighted by Crippen LogP contribution is -2.34. The van der Waals surface area contributed by atoms with Crippen LogP contribution >= 0.6 is 0 Å². The van der Waals surface area contributed by atoms with Gasteiger partial charge in [0.2, 0.25) is 6.29 Å². The van der Waals surface area contributed by atoms with Crippen molar-refractivity contribution < 1.29 is 28.5 Å². The summed E-state index contributed by atoms with van der Waals surface area (Å²) < 4.78 is 29.5. The third kappa shape index (κ3) is 6.15. The average molecular weight is 515 g/mol. The van der Waals surface area contributed by atoms with E-state index in [9.17, 15) is 4.79 Å². The minimum Gasteiger partial charge on any atom is -0.497 e. The number of carbonyl (C=O) groups is 1. The summed E-state index contributed by atoms with van der Waals surface area (Å²) in [6.45, 7) is 0.475. The second-order valence-electron chi connectivity index (χ2n) is 9.28. The topological polar surface area (TPSA) is 79.4 Å². The van der Waals surface area contributed by atoms with E-state index in [4.69, 9.17) is 23.7 Å². The van der Waals surface area contributed by atoms with Gasteiger partial charge in [-0.2, -0.15) is 0 Å². The molecular formula is C30H30N2O6. The van der Waals surface area contributed by atoms with Crippen LogP contribution in [0.1, 0.15) is 23.8 Å². The molecule has 0 radical (unpaired) electrons. The summed E-state index contributed by atoms with van der Waals surface area (Å²) in [5, 5.41) is 1.08. The number of fused-ring (bicyclic) bond motifs is 2. The lowest BCUT2D eigenvalue weighted by atomic mass is 10.0. The Morgan fingerprint density at radius 2 is 1.82 bits per heavy atom. The van der Waals surface area contributed by atoms with E-state index in [0.29, 0.717) is 36.0 Å². The van der Waals surface area contributed by atoms with Crippen LogP contribution in [0.5, 0.6) is 23.0 Å². The average Bonchev–Trinajstić information content (AvgIpc) is 2.91. The number of aromatic nitrogens is 1. The summed E-state index contributed by atoms with van der Waals surface area (Å²) in [5.74, 6) is 2.09. The fraction of sp³-hybridized carbons (Fsp3) is 0.267. The number of likely N-dealkylation sites (N-methyl/N-ethyl adjacent to an activating group) is 1. The maximum atomic E-state index is 12.5. The molecule has 38 heavy (non-hydrogen) atoms. The summed E-state index contributed by atoms with van der Waals surface area (Å²) in [7, 11) is 5.24. The number of methoxy groups -OCH3 is 1. The number of para-hydroxylation sites is 1. The minimum absolute atomic E-state index is 0.175. The van der Waals surface area contributed by atoms with Crippen molar-refractivity contribution >= 4 is 16.9 Å². The molecule has 0 aliphatic carbocycles. The number of pyridine rings is 1. The van der Waals surface area contributed by atoms with Crippen LogP contribution in [0.4, 0.5) is 0 Å². The molecule has 2 heterocycles. The predicted molar refractivity (Wildman–Crippen MR) is 143 cm³/mol. The molecule has 196 valence electrons. The summed E-state index contributed by atoms with van der Waals surface area (Å²) >= 11 is 0. The van der Waals surface area contributed by atoms with Crippen molar-refractivity contribution in [2.45, 2.75) is 25.4 Å². The zero-order chi connectivity index (χ0) is 26.5. The maximum Gasteiger partial charge on any atom is 0.320 e. The van der Waals surface area contributed by atoms with E-state index in [2.05, 4.69) is 4.98 Å². The molecule has 1 aromatic heterocycles. The molecule has 0 bridgehead atoms. The number of carbonyl (C=O) groups excluding carboxylic acids is 1. The van der Waals surface area contributed by atoms with Gasteiger partial charge in [0.25, 0.3) is 0 Å². The maximum absolute atomic E-state index is 12.5. The first-order chi connectivity index (χ1) is 18.5. The Kier molecular flexibility index (Phi) is 7.60. The van der Waals surface area contributed by atoms with Gasteiger partial charge in [0, 0.05) is 23.1 Å². The Morgan fingerprint density at radius 1 is 0.974 bits per heavy atom. The van der Waals surface area contributed by atoms with Gasteiger partial charge in [-0.05, 0) is 50.5 Å². The van der Waals surface area contributed by atoms with E-state index in [1.165, 1.54) is 0 Å². The quantitative estimate of drug-likeness (QED) is 0.284. The molecule has 0 saturated heterocycles. The third-order valence-electron chi connectivity index (χ3n) is 6.07. The Bertz CT molecular complexity index is 1420. The van der Waals surface area contributed by atoms with Gasteiger partial charge in [-0.15, -0.1) is 0 Å². The van der Waals surface area contributed by atoms with E-state index in [-0.39, 0.29) is 12.5 Å². The first kappa shape index (κ1) is 25.4. The molecule has 4 aromatic rings. The Morgan fingerprint density at radius 3 is 2.66 bits per heavy atom. The van der Waals surface area contributed by atoms with Gasteiger partial charge < -0.3 is 23.7 Å². The fourth-order valence-corrected chi connectivity index (χ4v) is 4.27. The minimum atomic E-state index is -0.677. The van der Waals surface area contributed by atoms with Crippen molar-refractivity contribution in [1.29, 1.82) is 0 Å². The monoisotopic (exact) mass is 514 g/mol. The van der Waals surface area contributed by atoms with E-state index >= 15 is 0 Å². The first-order valence-electron chi connectivity index (χ1n) is 12.4. The number of nitrogens with zero attached hydrogens (tertiary/aromatic N) is 2. The van der Waals surface area contributed by atoms with E-state index in [1.54, 1.807) is 24.1 Å². The number of benzene rings is 3. The third-order valence-corrected chi connectivity index (χ3v) is 6.07. The SMILES string of the molecule is COc1cccc(OC2CC(OC(=O)CN(C)C)c3ccc(OCc4ccc5ccccc5n4)cc3O2)c1. The molecule has 8 heteroatoms. The number of ether oxygens (including phenoxy) is 5. The molecule has 0 amide bonds. The lowest BCUT2D eigenvalue weighted by Gasteiger charge is -2.32. The van der Waals surface area contributed by atoms with Gasteiger partial charge in [-0.1, -0.05) is 30.3 Å². The van der Waals surface area contributed by atoms with Crippen LogP contribution in [0.3, 0.4) is 0 Å². The Balaban J connectivity index is 1.35. The lowest BCUT2D eigenvalue weighted by molar-refractivity contribution is -0.155. The van der Waals surface area contributed by atoms with Crippen molar-refractivity contribution in [3.05, 3.63) is 90.1 Å². The molecule has 0 fully saturated rings. The standard InChI is InChI=1S/C30H30N2O6/c1-32(2)18-29(33)37-28-17-30(36-24-9-6-8-22(15-24)34-3)38-27-16-23(13-14-25(27)28)35-19-21-12-11-20-7-4-5-10-26(20)31-21/h4-16,28,30H,17-19H2,1-3H3. The van der Waals surface area contributed by atoms with Crippen molar-refractivity contribution in [3.8, 4) is 23.0 Å². The molecule has 5 rings (SSSR count). The molecule has 2 atom stereocenters. The second-order valence-corrected chi connectivity index (χ2v) is 9.28. The van der Waals surface area contributed by atoms with Crippen LogP contribution in [0.15, 0.2) is 78.9 Å². The first-order valence-corrected chi connectivity index (χ1v) is 12.4. The molecule has 2 unspecified atom stereocenters. The fourth-order valence-electron chi connectivity index (χ4n) is 4.27. The number of esters is 1. The molecule has 1 aliphatic heterocycles. The molecular weight excluding hydrogens is 484 g/mol. The number of rotatable bonds is 9. The molecule has 0 saturated carbocycles. The zero-order valence-electron chi connectivity index (χ0n) is 21.6. The molecule has 0 N–H and O–H groups in total. The summed E-state index contributed by atoms with van der Waals surface area (Å²) in [6, 6.07) is 24.7. The highest BCUT2D eigenvalue weighted by Gasteiger charge is 2.33. The number of hydrogen-bond donors (Lipinski definition) is 0. The Labute approximate surface area is 221 Å². The molecule has 3 aromatic carbocycles. The zero-order valence-corrected chi connectivity index (χ0v) is 21.6. The molecule has 8 nitrogen and oxygen atoms in total. The summed E-state index contributed by atoms with van der Waals surface area (Å²) in [5.41, 5.74) is 2.50. The van der Waals surface area contributed by atoms with E-state index < -0.39 is 12.4 Å². The van der Waals surface area contributed by atoms with E-state index in [1.807, 2.05) is 80.8 Å². The van der Waals surface area contributed by atoms with Gasteiger partial charge in [0.15, 0.2) is 0 Å². The van der Waals surface area contributed by atoms with Crippen LogP contribution in [0, 0.1) is 0 Å². The van der Waals surface area contributed by atoms with Gasteiger partial charge >= 0.3 is 5.97 Å². The van der Waals surface area contributed by atoms with Crippen LogP contribution in [0.25, 0.3) is 10.9 Å². The highest BCUT2D eigenvalue weighted by atomic mass is 16.7. The highest BCUT2D eigenvalue weighted by molar-refractivity contribution is 5.78. The van der Waals surface area contributed by atoms with Crippen molar-refractivity contribution in [2.24, 2.45) is 0 Å². The van der Waals surface area contributed by atoms with Crippen molar-refractivity contribution in [3.63, 3.8) is 0 Å². The summed E-state index contributed by atoms with van der Waals surface area (Å²) in [6.07, 6.45) is -0.868. The van der Waals surface area contributed by atoms with E-state index in [0.717, 1.165) is 22.2 Å². The molecule has 1 aliphatic rings. The van der Waals surface area contributed by atoms with Crippen LogP contribution in [-0.4, -0.2) is 49.9 Å². The van der Waals surface area contributed by atoms with Gasteiger partial charge in [-0.3, -0.25) is 9.69 Å². The van der Waals surface area contributed by atoms with Gasteiger partial charge in [-0.25, -0.2) is 4.98 Å².